The Labute approximate surface area is 121 Å². The Bertz CT molecular complexity index is 417. The number of nitrogens with zero attached hydrogens (tertiary/aromatic N) is 1. The largest absolute Gasteiger partial charge is 0.504 e. The van der Waals surface area contributed by atoms with Crippen LogP contribution >= 0.6 is 0 Å². The number of phenolic OH excluding ortho intramolecular Hbond substituents is 1. The molecule has 0 aromatic heterocycles. The molecule has 0 bridgehead atoms. The number of methoxy groups -OCH3 is 1. The molecule has 1 atom stereocenters. The van der Waals surface area contributed by atoms with Crippen LogP contribution in [-0.4, -0.2) is 43.3 Å². The lowest BCUT2D eigenvalue weighted by molar-refractivity contribution is 0.163. The van der Waals surface area contributed by atoms with Crippen molar-refractivity contribution in [3.05, 3.63) is 23.8 Å². The van der Waals surface area contributed by atoms with E-state index >= 15 is 0 Å². The van der Waals surface area contributed by atoms with Gasteiger partial charge in [-0.1, -0.05) is 25.8 Å². The number of rotatable bonds is 6. The molecule has 0 aliphatic carbocycles. The molecule has 1 aliphatic rings. The second-order valence-electron chi connectivity index (χ2n) is 5.38. The van der Waals surface area contributed by atoms with E-state index in [0.29, 0.717) is 11.8 Å². The molecule has 4 heteroatoms. The highest BCUT2D eigenvalue weighted by atomic mass is 16.5. The van der Waals surface area contributed by atoms with Gasteiger partial charge in [0.05, 0.1) is 7.11 Å². The number of hydrogen-bond donors (Lipinski definition) is 2. The first-order valence-corrected chi connectivity index (χ1v) is 7.58. The maximum Gasteiger partial charge on any atom is 0.160 e. The van der Waals surface area contributed by atoms with Gasteiger partial charge in [-0.15, -0.1) is 0 Å². The summed E-state index contributed by atoms with van der Waals surface area (Å²) in [5, 5.41) is 13.2. The van der Waals surface area contributed by atoms with Crippen molar-refractivity contribution < 1.29 is 9.84 Å². The second kappa shape index (κ2) is 7.50. The highest BCUT2D eigenvalue weighted by molar-refractivity contribution is 5.42. The van der Waals surface area contributed by atoms with Crippen LogP contribution < -0.4 is 10.1 Å². The Morgan fingerprint density at radius 3 is 2.75 bits per heavy atom. The minimum atomic E-state index is 0.214. The first kappa shape index (κ1) is 15.1. The van der Waals surface area contributed by atoms with Crippen molar-refractivity contribution >= 4 is 0 Å². The first-order chi connectivity index (χ1) is 9.76. The molecule has 2 rings (SSSR count). The van der Waals surface area contributed by atoms with Gasteiger partial charge in [0.25, 0.3) is 0 Å². The summed E-state index contributed by atoms with van der Waals surface area (Å²) in [6, 6.07) is 6.18. The van der Waals surface area contributed by atoms with E-state index in [1.807, 2.05) is 12.1 Å². The molecule has 0 saturated carbocycles. The summed E-state index contributed by atoms with van der Waals surface area (Å²) in [6.45, 7) is 6.50. The Balaban J connectivity index is 2.20. The fourth-order valence-electron chi connectivity index (χ4n) is 2.85. The summed E-state index contributed by atoms with van der Waals surface area (Å²) in [7, 11) is 1.60. The average Bonchev–Trinajstić information content (AvgIpc) is 2.50. The normalized spacial score (nSPS) is 17.9. The van der Waals surface area contributed by atoms with Crippen molar-refractivity contribution in [2.75, 3.05) is 33.3 Å². The van der Waals surface area contributed by atoms with Gasteiger partial charge in [0, 0.05) is 32.2 Å². The molecule has 2 N–H and O–H groups in total. The van der Waals surface area contributed by atoms with E-state index in [-0.39, 0.29) is 5.75 Å². The minimum absolute atomic E-state index is 0.214. The minimum Gasteiger partial charge on any atom is -0.504 e. The van der Waals surface area contributed by atoms with E-state index in [4.69, 9.17) is 4.74 Å². The zero-order valence-electron chi connectivity index (χ0n) is 12.6. The van der Waals surface area contributed by atoms with Crippen LogP contribution in [0.2, 0.25) is 0 Å². The van der Waals surface area contributed by atoms with Crippen LogP contribution in [0, 0.1) is 0 Å². The lowest BCUT2D eigenvalue weighted by atomic mass is 9.98. The van der Waals surface area contributed by atoms with Crippen molar-refractivity contribution in [3.8, 4) is 11.5 Å². The average molecular weight is 278 g/mol. The molecule has 4 nitrogen and oxygen atoms in total. The molecule has 0 unspecified atom stereocenters. The third kappa shape index (κ3) is 3.64. The maximum absolute atomic E-state index is 9.75. The van der Waals surface area contributed by atoms with Gasteiger partial charge < -0.3 is 15.2 Å². The Morgan fingerprint density at radius 1 is 1.35 bits per heavy atom. The van der Waals surface area contributed by atoms with Crippen LogP contribution in [0.3, 0.4) is 0 Å². The molecule has 1 fully saturated rings. The van der Waals surface area contributed by atoms with Crippen molar-refractivity contribution in [2.45, 2.75) is 32.2 Å². The van der Waals surface area contributed by atoms with E-state index in [9.17, 15) is 5.11 Å². The molecule has 1 heterocycles. The molecule has 1 aromatic carbocycles. The molecule has 0 radical (unpaired) electrons. The molecule has 112 valence electrons. The van der Waals surface area contributed by atoms with Crippen LogP contribution in [0.25, 0.3) is 0 Å². The van der Waals surface area contributed by atoms with Gasteiger partial charge >= 0.3 is 0 Å². The van der Waals surface area contributed by atoms with E-state index < -0.39 is 0 Å². The summed E-state index contributed by atoms with van der Waals surface area (Å²) in [5.74, 6) is 0.782. The van der Waals surface area contributed by atoms with Crippen molar-refractivity contribution in [3.63, 3.8) is 0 Å². The third-order valence-corrected chi connectivity index (χ3v) is 4.01. The maximum atomic E-state index is 9.75. The Hall–Kier alpha value is -1.26. The van der Waals surface area contributed by atoms with E-state index in [1.165, 1.54) is 18.4 Å². The molecule has 1 aromatic rings. The Morgan fingerprint density at radius 2 is 2.10 bits per heavy atom. The van der Waals surface area contributed by atoms with Gasteiger partial charge in [0.2, 0.25) is 0 Å². The third-order valence-electron chi connectivity index (χ3n) is 4.01. The van der Waals surface area contributed by atoms with Crippen LogP contribution in [-0.2, 0) is 0 Å². The lowest BCUT2D eigenvalue weighted by Crippen LogP contribution is -2.45. The Kier molecular flexibility index (Phi) is 5.68. The number of nitrogens with one attached hydrogen (secondary N) is 1. The van der Waals surface area contributed by atoms with Crippen LogP contribution in [0.4, 0.5) is 0 Å². The topological polar surface area (TPSA) is 44.7 Å². The molecular weight excluding hydrogens is 252 g/mol. The molecular formula is C16H26N2O2. The van der Waals surface area contributed by atoms with Gasteiger partial charge in [-0.25, -0.2) is 0 Å². The summed E-state index contributed by atoms with van der Waals surface area (Å²) in [5.41, 5.74) is 1.25. The quantitative estimate of drug-likeness (QED) is 0.839. The fraction of sp³-hybridized carbons (Fsp3) is 0.625. The molecule has 20 heavy (non-hydrogen) atoms. The van der Waals surface area contributed by atoms with Gasteiger partial charge in [-0.2, -0.15) is 0 Å². The summed E-state index contributed by atoms with van der Waals surface area (Å²) in [6.07, 6.45) is 3.58. The highest BCUT2D eigenvalue weighted by Gasteiger charge is 2.22. The summed E-state index contributed by atoms with van der Waals surface area (Å²) < 4.78 is 5.25. The van der Waals surface area contributed by atoms with E-state index in [0.717, 1.165) is 32.6 Å². The lowest BCUT2D eigenvalue weighted by Gasteiger charge is -2.35. The zero-order chi connectivity index (χ0) is 14.4. The van der Waals surface area contributed by atoms with Crippen LogP contribution in [0.1, 0.15) is 37.8 Å². The molecule has 1 aliphatic heterocycles. The van der Waals surface area contributed by atoms with Gasteiger partial charge in [-0.3, -0.25) is 4.90 Å². The fourth-order valence-corrected chi connectivity index (χ4v) is 2.85. The second-order valence-corrected chi connectivity index (χ2v) is 5.38. The van der Waals surface area contributed by atoms with Crippen molar-refractivity contribution in [2.24, 2.45) is 0 Å². The molecule has 1 saturated heterocycles. The smallest absolute Gasteiger partial charge is 0.160 e. The first-order valence-electron chi connectivity index (χ1n) is 7.58. The zero-order valence-corrected chi connectivity index (χ0v) is 12.6. The van der Waals surface area contributed by atoms with E-state index in [2.05, 4.69) is 17.1 Å². The summed E-state index contributed by atoms with van der Waals surface area (Å²) >= 11 is 0. The number of unbranched alkanes of at least 4 members (excludes halogenated alkanes) is 1. The predicted molar refractivity (Wildman–Crippen MR) is 81.4 cm³/mol. The molecule has 0 spiro atoms. The molecule has 0 amide bonds. The van der Waals surface area contributed by atoms with Gasteiger partial charge in [-0.05, 0) is 24.1 Å². The van der Waals surface area contributed by atoms with Crippen molar-refractivity contribution in [1.29, 1.82) is 0 Å². The number of benzene rings is 1. The van der Waals surface area contributed by atoms with E-state index in [1.54, 1.807) is 13.2 Å². The van der Waals surface area contributed by atoms with Crippen LogP contribution in [0.15, 0.2) is 18.2 Å². The number of phenols is 1. The number of piperazine rings is 1. The number of ether oxygens (including phenoxy) is 1. The van der Waals surface area contributed by atoms with Gasteiger partial charge in [0.1, 0.15) is 0 Å². The SMILES string of the molecule is CCCC[C@@H](c1ccc(O)c(OC)c1)N1CCNCC1. The monoisotopic (exact) mass is 278 g/mol. The predicted octanol–water partition coefficient (Wildman–Crippen LogP) is 2.54. The summed E-state index contributed by atoms with van der Waals surface area (Å²) in [4.78, 5) is 2.54. The van der Waals surface area contributed by atoms with Crippen molar-refractivity contribution in [1.82, 2.24) is 10.2 Å². The standard InChI is InChI=1S/C16H26N2O2/c1-3-4-5-14(18-10-8-17-9-11-18)13-6-7-15(19)16(12-13)20-2/h6-7,12,14,17,19H,3-5,8-11H2,1-2H3/t14-/m0/s1. The van der Waals surface area contributed by atoms with Gasteiger partial charge in [0.15, 0.2) is 11.5 Å². The number of aromatic hydroxyl groups is 1. The number of hydrogen-bond acceptors (Lipinski definition) is 4. The van der Waals surface area contributed by atoms with Crippen LogP contribution in [0.5, 0.6) is 11.5 Å². The highest BCUT2D eigenvalue weighted by Crippen LogP contribution is 2.33.